The Hall–Kier alpha value is -1.06. The average molecular weight is 209 g/mol. The number of aryl methyl sites for hydroxylation is 1. The van der Waals surface area contributed by atoms with Crippen molar-refractivity contribution in [3.8, 4) is 5.75 Å². The van der Waals surface area contributed by atoms with Crippen molar-refractivity contribution in [1.82, 2.24) is 0 Å². The summed E-state index contributed by atoms with van der Waals surface area (Å²) in [5.74, 6) is 0.900. The topological polar surface area (TPSA) is 44.5 Å². The molecule has 1 rings (SSSR count). The van der Waals surface area contributed by atoms with Gasteiger partial charge < -0.3 is 15.2 Å². The first-order valence-electron chi connectivity index (χ1n) is 5.11. The summed E-state index contributed by atoms with van der Waals surface area (Å²) in [6.45, 7) is 4.29. The molecule has 1 atom stereocenters. The van der Waals surface area contributed by atoms with Gasteiger partial charge in [0.1, 0.15) is 5.75 Å². The third-order valence-electron chi connectivity index (χ3n) is 2.16. The van der Waals surface area contributed by atoms with Gasteiger partial charge in [0.25, 0.3) is 0 Å². The first kappa shape index (κ1) is 12.0. The van der Waals surface area contributed by atoms with E-state index in [1.165, 1.54) is 0 Å². The summed E-state index contributed by atoms with van der Waals surface area (Å²) in [5.41, 5.74) is 8.04. The van der Waals surface area contributed by atoms with Crippen LogP contribution in [0, 0.1) is 6.92 Å². The SMILES string of the molecule is COCOc1c(C)cccc1CC(C)N. The van der Waals surface area contributed by atoms with E-state index in [1.807, 2.05) is 32.0 Å². The fraction of sp³-hybridized carbons (Fsp3) is 0.500. The molecule has 0 heterocycles. The highest BCUT2D eigenvalue weighted by Gasteiger charge is 2.08. The van der Waals surface area contributed by atoms with Crippen molar-refractivity contribution in [2.75, 3.05) is 13.9 Å². The van der Waals surface area contributed by atoms with Crippen molar-refractivity contribution >= 4 is 0 Å². The highest BCUT2D eigenvalue weighted by molar-refractivity contribution is 5.41. The average Bonchev–Trinajstić information content (AvgIpc) is 2.16. The molecule has 0 saturated carbocycles. The highest BCUT2D eigenvalue weighted by atomic mass is 16.7. The second-order valence-corrected chi connectivity index (χ2v) is 3.80. The molecule has 0 amide bonds. The maximum Gasteiger partial charge on any atom is 0.188 e. The van der Waals surface area contributed by atoms with Crippen LogP contribution in [0.25, 0.3) is 0 Å². The quantitative estimate of drug-likeness (QED) is 0.753. The third-order valence-corrected chi connectivity index (χ3v) is 2.16. The van der Waals surface area contributed by atoms with Crippen LogP contribution >= 0.6 is 0 Å². The second-order valence-electron chi connectivity index (χ2n) is 3.80. The Balaban J connectivity index is 2.87. The third kappa shape index (κ3) is 3.53. The van der Waals surface area contributed by atoms with Gasteiger partial charge in [-0.1, -0.05) is 18.2 Å². The van der Waals surface area contributed by atoms with Gasteiger partial charge >= 0.3 is 0 Å². The smallest absolute Gasteiger partial charge is 0.188 e. The van der Waals surface area contributed by atoms with Gasteiger partial charge in [-0.3, -0.25) is 0 Å². The zero-order chi connectivity index (χ0) is 11.3. The number of ether oxygens (including phenoxy) is 2. The summed E-state index contributed by atoms with van der Waals surface area (Å²) < 4.78 is 10.4. The second kappa shape index (κ2) is 5.73. The van der Waals surface area contributed by atoms with Crippen LogP contribution in [0.2, 0.25) is 0 Å². The molecule has 0 radical (unpaired) electrons. The predicted octanol–water partition coefficient (Wildman–Crippen LogP) is 1.87. The predicted molar refractivity (Wildman–Crippen MR) is 61.0 cm³/mol. The molecule has 1 aromatic carbocycles. The van der Waals surface area contributed by atoms with Crippen LogP contribution in [0.4, 0.5) is 0 Å². The first-order chi connectivity index (χ1) is 7.15. The number of para-hydroxylation sites is 1. The summed E-state index contributed by atoms with van der Waals surface area (Å²) in [4.78, 5) is 0. The number of nitrogens with two attached hydrogens (primary N) is 1. The van der Waals surface area contributed by atoms with Gasteiger partial charge in [-0.2, -0.15) is 0 Å². The Morgan fingerprint density at radius 3 is 2.73 bits per heavy atom. The minimum Gasteiger partial charge on any atom is -0.467 e. The van der Waals surface area contributed by atoms with Crippen molar-refractivity contribution in [3.63, 3.8) is 0 Å². The molecule has 0 aliphatic carbocycles. The fourth-order valence-corrected chi connectivity index (χ4v) is 1.55. The lowest BCUT2D eigenvalue weighted by Crippen LogP contribution is -2.18. The Kier molecular flexibility index (Phi) is 4.59. The van der Waals surface area contributed by atoms with E-state index in [0.717, 1.165) is 23.3 Å². The number of methoxy groups -OCH3 is 1. The summed E-state index contributed by atoms with van der Waals surface area (Å²) in [6, 6.07) is 6.22. The maximum atomic E-state index is 5.79. The Morgan fingerprint density at radius 1 is 1.40 bits per heavy atom. The van der Waals surface area contributed by atoms with Crippen molar-refractivity contribution in [2.24, 2.45) is 5.73 Å². The first-order valence-corrected chi connectivity index (χ1v) is 5.11. The molecule has 3 nitrogen and oxygen atoms in total. The molecule has 1 aromatic rings. The molecular formula is C12H19NO2. The van der Waals surface area contributed by atoms with Crippen LogP contribution in [0.1, 0.15) is 18.1 Å². The summed E-state index contributed by atoms with van der Waals surface area (Å²) in [6.07, 6.45) is 0.820. The van der Waals surface area contributed by atoms with Gasteiger partial charge in [0, 0.05) is 13.2 Å². The number of benzene rings is 1. The molecule has 0 spiro atoms. The highest BCUT2D eigenvalue weighted by Crippen LogP contribution is 2.24. The van der Waals surface area contributed by atoms with E-state index in [0.29, 0.717) is 0 Å². The van der Waals surface area contributed by atoms with Crippen LogP contribution in [-0.4, -0.2) is 19.9 Å². The van der Waals surface area contributed by atoms with Crippen molar-refractivity contribution in [1.29, 1.82) is 0 Å². The van der Waals surface area contributed by atoms with E-state index in [9.17, 15) is 0 Å². The van der Waals surface area contributed by atoms with Gasteiger partial charge in [0.05, 0.1) is 0 Å². The van der Waals surface area contributed by atoms with Gasteiger partial charge in [0.2, 0.25) is 0 Å². The molecule has 0 aliphatic rings. The number of hydrogen-bond donors (Lipinski definition) is 1. The van der Waals surface area contributed by atoms with Crippen LogP contribution in [0.5, 0.6) is 5.75 Å². The molecule has 0 saturated heterocycles. The monoisotopic (exact) mass is 209 g/mol. The Bertz CT molecular complexity index is 310. The normalized spacial score (nSPS) is 12.5. The van der Waals surface area contributed by atoms with E-state index in [-0.39, 0.29) is 12.8 Å². The zero-order valence-corrected chi connectivity index (χ0v) is 9.62. The van der Waals surface area contributed by atoms with E-state index in [4.69, 9.17) is 15.2 Å². The van der Waals surface area contributed by atoms with Crippen LogP contribution in [-0.2, 0) is 11.2 Å². The summed E-state index contributed by atoms with van der Waals surface area (Å²) >= 11 is 0. The van der Waals surface area contributed by atoms with E-state index < -0.39 is 0 Å². The lowest BCUT2D eigenvalue weighted by atomic mass is 10.0. The molecule has 2 N–H and O–H groups in total. The fourth-order valence-electron chi connectivity index (χ4n) is 1.55. The number of rotatable bonds is 5. The van der Waals surface area contributed by atoms with Gasteiger partial charge in [-0.25, -0.2) is 0 Å². The van der Waals surface area contributed by atoms with E-state index in [1.54, 1.807) is 7.11 Å². The Morgan fingerprint density at radius 2 is 2.13 bits per heavy atom. The lowest BCUT2D eigenvalue weighted by molar-refractivity contribution is 0.0499. The lowest BCUT2D eigenvalue weighted by Gasteiger charge is -2.14. The minimum absolute atomic E-state index is 0.136. The molecule has 84 valence electrons. The van der Waals surface area contributed by atoms with Crippen LogP contribution in [0.3, 0.4) is 0 Å². The molecule has 0 bridgehead atoms. The summed E-state index contributed by atoms with van der Waals surface area (Å²) in [7, 11) is 1.61. The van der Waals surface area contributed by atoms with Gasteiger partial charge in [-0.15, -0.1) is 0 Å². The standard InChI is InChI=1S/C12H19NO2/c1-9-5-4-6-11(7-10(2)13)12(9)15-8-14-3/h4-6,10H,7-8,13H2,1-3H3. The van der Waals surface area contributed by atoms with Gasteiger partial charge in [-0.05, 0) is 31.4 Å². The minimum atomic E-state index is 0.136. The molecule has 15 heavy (non-hydrogen) atoms. The molecule has 0 aromatic heterocycles. The molecule has 0 fully saturated rings. The Labute approximate surface area is 91.2 Å². The summed E-state index contributed by atoms with van der Waals surface area (Å²) in [5, 5.41) is 0. The van der Waals surface area contributed by atoms with Gasteiger partial charge in [0.15, 0.2) is 6.79 Å². The van der Waals surface area contributed by atoms with Crippen molar-refractivity contribution < 1.29 is 9.47 Å². The number of hydrogen-bond acceptors (Lipinski definition) is 3. The largest absolute Gasteiger partial charge is 0.467 e. The van der Waals surface area contributed by atoms with Crippen LogP contribution in [0.15, 0.2) is 18.2 Å². The van der Waals surface area contributed by atoms with Crippen molar-refractivity contribution in [3.05, 3.63) is 29.3 Å². The van der Waals surface area contributed by atoms with E-state index >= 15 is 0 Å². The zero-order valence-electron chi connectivity index (χ0n) is 9.62. The van der Waals surface area contributed by atoms with Crippen LogP contribution < -0.4 is 10.5 Å². The van der Waals surface area contributed by atoms with Crippen molar-refractivity contribution in [2.45, 2.75) is 26.3 Å². The molecular weight excluding hydrogens is 190 g/mol. The maximum absolute atomic E-state index is 5.79. The molecule has 1 unspecified atom stereocenters. The molecule has 0 aliphatic heterocycles. The molecule has 3 heteroatoms. The van der Waals surface area contributed by atoms with E-state index in [2.05, 4.69) is 0 Å².